The molecule has 0 bridgehead atoms. The Labute approximate surface area is 153 Å². The predicted octanol–water partition coefficient (Wildman–Crippen LogP) is 2.54. The Kier molecular flexibility index (Phi) is 7.09. The number of Topliss-reactive ketones (excluding diaryl/α,β-unsaturated/α-hetero) is 1. The van der Waals surface area contributed by atoms with Crippen molar-refractivity contribution in [3.8, 4) is 0 Å². The summed E-state index contributed by atoms with van der Waals surface area (Å²) in [5, 5.41) is 11.9. The summed E-state index contributed by atoms with van der Waals surface area (Å²) in [5.74, 6) is -0.587. The molecule has 6 nitrogen and oxygen atoms in total. The van der Waals surface area contributed by atoms with Crippen LogP contribution < -0.4 is 5.32 Å². The highest BCUT2D eigenvalue weighted by Gasteiger charge is 2.27. The zero-order valence-corrected chi connectivity index (χ0v) is 15.3. The summed E-state index contributed by atoms with van der Waals surface area (Å²) in [5.41, 5.74) is 1.50. The lowest BCUT2D eigenvalue weighted by Gasteiger charge is -2.35. The van der Waals surface area contributed by atoms with Gasteiger partial charge in [0.1, 0.15) is 0 Å². The van der Waals surface area contributed by atoms with E-state index in [9.17, 15) is 19.5 Å². The first-order valence-corrected chi connectivity index (χ1v) is 8.94. The number of aliphatic hydroxyl groups excluding tert-OH is 1. The van der Waals surface area contributed by atoms with Gasteiger partial charge in [-0.15, -0.1) is 0 Å². The fourth-order valence-electron chi connectivity index (χ4n) is 3.17. The normalized spacial score (nSPS) is 17.7. The second kappa shape index (κ2) is 9.29. The Bertz CT molecular complexity index is 692. The summed E-state index contributed by atoms with van der Waals surface area (Å²) in [6, 6.07) is 6.63. The number of nitrogens with zero attached hydrogens (tertiary/aromatic N) is 1. The molecule has 2 N–H and O–H groups in total. The van der Waals surface area contributed by atoms with E-state index in [1.807, 2.05) is 0 Å². The molecule has 2 amide bonds. The molecular formula is C20H26N2O4. The molecule has 1 heterocycles. The number of benzene rings is 1. The summed E-state index contributed by atoms with van der Waals surface area (Å²) < 4.78 is 0. The second-order valence-corrected chi connectivity index (χ2v) is 6.61. The first kappa shape index (κ1) is 19.8. The van der Waals surface area contributed by atoms with Crippen LogP contribution in [0.1, 0.15) is 49.9 Å². The number of anilines is 1. The van der Waals surface area contributed by atoms with Crippen LogP contribution in [0.25, 0.3) is 0 Å². The minimum atomic E-state index is -0.387. The van der Waals surface area contributed by atoms with Crippen LogP contribution in [0.3, 0.4) is 0 Å². The molecule has 6 heteroatoms. The van der Waals surface area contributed by atoms with Crippen molar-refractivity contribution < 1.29 is 19.5 Å². The second-order valence-electron chi connectivity index (χ2n) is 6.61. The maximum atomic E-state index is 12.6. The molecule has 0 aromatic heterocycles. The number of carbonyl (C=O) groups is 3. The third-order valence-corrected chi connectivity index (χ3v) is 4.59. The highest BCUT2D eigenvalue weighted by molar-refractivity contribution is 6.06. The van der Waals surface area contributed by atoms with Gasteiger partial charge >= 0.3 is 0 Å². The highest BCUT2D eigenvalue weighted by Crippen LogP contribution is 2.21. The fourth-order valence-corrected chi connectivity index (χ4v) is 3.17. The summed E-state index contributed by atoms with van der Waals surface area (Å²) in [6.07, 6.45) is 4.73. The zero-order chi connectivity index (χ0) is 19.1. The van der Waals surface area contributed by atoms with E-state index in [0.29, 0.717) is 29.8 Å². The van der Waals surface area contributed by atoms with Crippen molar-refractivity contribution >= 4 is 23.3 Å². The topological polar surface area (TPSA) is 86.7 Å². The Balaban J connectivity index is 2.01. The Morgan fingerprint density at radius 3 is 2.50 bits per heavy atom. The number of hydrogen-bond acceptors (Lipinski definition) is 4. The zero-order valence-electron chi connectivity index (χ0n) is 15.3. The van der Waals surface area contributed by atoms with Crippen LogP contribution in [0.2, 0.25) is 0 Å². The lowest BCUT2D eigenvalue weighted by atomic mass is 9.98. The van der Waals surface area contributed by atoms with Gasteiger partial charge in [0, 0.05) is 42.1 Å². The Hall–Kier alpha value is -2.47. The molecule has 1 aliphatic rings. The lowest BCUT2D eigenvalue weighted by Crippen LogP contribution is -2.44. The van der Waals surface area contributed by atoms with Crippen LogP contribution in [-0.2, 0) is 9.59 Å². The molecule has 26 heavy (non-hydrogen) atoms. The van der Waals surface area contributed by atoms with Crippen molar-refractivity contribution in [3.63, 3.8) is 0 Å². The smallest absolute Gasteiger partial charge is 0.249 e. The molecular weight excluding hydrogens is 332 g/mol. The van der Waals surface area contributed by atoms with Crippen molar-refractivity contribution in [3.05, 3.63) is 41.5 Å². The molecule has 0 spiro atoms. The van der Waals surface area contributed by atoms with Crippen LogP contribution in [0, 0.1) is 0 Å². The fraction of sp³-hybridized carbons (Fsp3) is 0.450. The maximum Gasteiger partial charge on any atom is 0.249 e. The summed E-state index contributed by atoms with van der Waals surface area (Å²) in [7, 11) is 0. The van der Waals surface area contributed by atoms with Gasteiger partial charge in [-0.3, -0.25) is 14.4 Å². The number of carbonyl (C=O) groups excluding carboxylic acids is 3. The van der Waals surface area contributed by atoms with Crippen LogP contribution in [0.15, 0.2) is 35.9 Å². The lowest BCUT2D eigenvalue weighted by molar-refractivity contribution is -0.131. The predicted molar refractivity (Wildman–Crippen MR) is 99.9 cm³/mol. The molecule has 1 aromatic rings. The molecule has 1 aromatic carbocycles. The van der Waals surface area contributed by atoms with E-state index in [2.05, 4.69) is 5.32 Å². The van der Waals surface area contributed by atoms with E-state index < -0.39 is 0 Å². The summed E-state index contributed by atoms with van der Waals surface area (Å²) in [6.45, 7) is 3.82. The van der Waals surface area contributed by atoms with Gasteiger partial charge in [-0.05, 0) is 63.8 Å². The standard InChI is InChI=1S/C20H26N2O4/c1-14(20(26)22-11-4-3-5-18(22)10-12-23)13-19(25)21-17-8-6-16(7-9-17)15(2)24/h6-9,13,18,23H,3-5,10-12H2,1-2H3,(H,21,25)/b14-13+. The molecule has 1 aliphatic heterocycles. The van der Waals surface area contributed by atoms with Crippen molar-refractivity contribution in [2.24, 2.45) is 0 Å². The number of aliphatic hydroxyl groups is 1. The molecule has 2 rings (SSSR count). The van der Waals surface area contributed by atoms with Gasteiger partial charge in [0.25, 0.3) is 0 Å². The third-order valence-electron chi connectivity index (χ3n) is 4.59. The molecule has 0 radical (unpaired) electrons. The monoisotopic (exact) mass is 358 g/mol. The van der Waals surface area contributed by atoms with Crippen LogP contribution in [0.5, 0.6) is 0 Å². The van der Waals surface area contributed by atoms with E-state index >= 15 is 0 Å². The van der Waals surface area contributed by atoms with E-state index in [0.717, 1.165) is 19.3 Å². The quantitative estimate of drug-likeness (QED) is 0.604. The Morgan fingerprint density at radius 1 is 1.19 bits per heavy atom. The summed E-state index contributed by atoms with van der Waals surface area (Å²) in [4.78, 5) is 37.9. The number of ketones is 1. The van der Waals surface area contributed by atoms with Gasteiger partial charge in [-0.25, -0.2) is 0 Å². The molecule has 1 atom stereocenters. The van der Waals surface area contributed by atoms with Gasteiger partial charge in [-0.1, -0.05) is 0 Å². The van der Waals surface area contributed by atoms with E-state index in [-0.39, 0.29) is 30.2 Å². The molecule has 1 unspecified atom stereocenters. The van der Waals surface area contributed by atoms with Crippen LogP contribution in [-0.4, -0.2) is 46.8 Å². The van der Waals surface area contributed by atoms with E-state index in [1.54, 1.807) is 36.1 Å². The average molecular weight is 358 g/mol. The third kappa shape index (κ3) is 5.26. The van der Waals surface area contributed by atoms with Crippen molar-refractivity contribution in [1.82, 2.24) is 4.90 Å². The molecule has 1 fully saturated rings. The van der Waals surface area contributed by atoms with Crippen LogP contribution >= 0.6 is 0 Å². The highest BCUT2D eigenvalue weighted by atomic mass is 16.3. The van der Waals surface area contributed by atoms with Gasteiger partial charge < -0.3 is 15.3 Å². The SMILES string of the molecule is CC(=O)c1ccc(NC(=O)/C=C(\C)C(=O)N2CCCCC2CCO)cc1. The molecule has 0 saturated carbocycles. The number of piperidine rings is 1. The number of likely N-dealkylation sites (tertiary alicyclic amines) is 1. The van der Waals surface area contributed by atoms with Gasteiger partial charge in [0.05, 0.1) is 0 Å². The van der Waals surface area contributed by atoms with Gasteiger partial charge in [0.2, 0.25) is 11.8 Å². The maximum absolute atomic E-state index is 12.6. The number of amides is 2. The van der Waals surface area contributed by atoms with Crippen molar-refractivity contribution in [2.75, 3.05) is 18.5 Å². The number of nitrogens with one attached hydrogen (secondary N) is 1. The molecule has 140 valence electrons. The van der Waals surface area contributed by atoms with E-state index in [1.165, 1.54) is 13.0 Å². The van der Waals surface area contributed by atoms with E-state index in [4.69, 9.17) is 0 Å². The molecule has 0 aliphatic carbocycles. The van der Waals surface area contributed by atoms with Crippen LogP contribution in [0.4, 0.5) is 5.69 Å². The first-order chi connectivity index (χ1) is 12.4. The van der Waals surface area contributed by atoms with Crippen molar-refractivity contribution in [1.29, 1.82) is 0 Å². The average Bonchev–Trinajstić information content (AvgIpc) is 2.62. The largest absolute Gasteiger partial charge is 0.396 e. The minimum Gasteiger partial charge on any atom is -0.396 e. The number of rotatable bonds is 6. The Morgan fingerprint density at radius 2 is 1.88 bits per heavy atom. The van der Waals surface area contributed by atoms with Gasteiger partial charge in [0.15, 0.2) is 5.78 Å². The summed E-state index contributed by atoms with van der Waals surface area (Å²) >= 11 is 0. The molecule has 1 saturated heterocycles. The van der Waals surface area contributed by atoms with Crippen molar-refractivity contribution in [2.45, 2.75) is 45.6 Å². The van der Waals surface area contributed by atoms with Gasteiger partial charge in [-0.2, -0.15) is 0 Å². The first-order valence-electron chi connectivity index (χ1n) is 8.94. The number of hydrogen-bond donors (Lipinski definition) is 2. The minimum absolute atomic E-state index is 0.0341.